The first-order valence-corrected chi connectivity index (χ1v) is 9.99. The van der Waals surface area contributed by atoms with Gasteiger partial charge in [0.15, 0.2) is 0 Å². The van der Waals surface area contributed by atoms with Crippen LogP contribution < -0.4 is 5.32 Å². The van der Waals surface area contributed by atoms with Gasteiger partial charge in [0.25, 0.3) is 0 Å². The zero-order valence-corrected chi connectivity index (χ0v) is 16.1. The Balaban J connectivity index is 1.61. The second kappa shape index (κ2) is 7.57. The van der Waals surface area contributed by atoms with Crippen LogP contribution >= 0.6 is 0 Å². The average Bonchev–Trinajstić information content (AvgIpc) is 3.05. The molecule has 1 atom stereocenters. The lowest BCUT2D eigenvalue weighted by Gasteiger charge is -2.16. The topological polar surface area (TPSA) is 67.2 Å². The van der Waals surface area contributed by atoms with Crippen LogP contribution in [-0.2, 0) is 16.6 Å². The minimum Gasteiger partial charge on any atom is -0.329 e. The number of hydrogen-bond acceptors (Lipinski definition) is 4. The van der Waals surface area contributed by atoms with E-state index in [1.807, 2.05) is 36.7 Å². The lowest BCUT2D eigenvalue weighted by Crippen LogP contribution is -2.24. The van der Waals surface area contributed by atoms with E-state index in [1.54, 1.807) is 12.1 Å². The van der Waals surface area contributed by atoms with E-state index in [1.165, 1.54) is 18.4 Å². The molecule has 3 rings (SSSR count). The minimum absolute atomic E-state index is 0.126. The predicted molar refractivity (Wildman–Crippen MR) is 103 cm³/mol. The molecule has 0 fully saturated rings. The number of benzene rings is 2. The first-order chi connectivity index (χ1) is 12.4. The molecule has 138 valence electrons. The van der Waals surface area contributed by atoms with Crippen molar-refractivity contribution in [3.8, 4) is 0 Å². The van der Waals surface area contributed by atoms with Gasteiger partial charge in [-0.15, -0.1) is 0 Å². The van der Waals surface area contributed by atoms with Crippen LogP contribution in [0.15, 0.2) is 59.8 Å². The van der Waals surface area contributed by atoms with Gasteiger partial charge < -0.3 is 9.88 Å². The van der Waals surface area contributed by atoms with Gasteiger partial charge in [-0.3, -0.25) is 0 Å². The van der Waals surface area contributed by atoms with Gasteiger partial charge in [0.1, 0.15) is 0 Å². The molecule has 1 unspecified atom stereocenters. The molecule has 2 aromatic carbocycles. The summed E-state index contributed by atoms with van der Waals surface area (Å²) in [4.78, 5) is 4.70. The fourth-order valence-electron chi connectivity index (χ4n) is 2.85. The monoisotopic (exact) mass is 372 g/mol. The van der Waals surface area contributed by atoms with Crippen LogP contribution in [0.1, 0.15) is 18.5 Å². The summed E-state index contributed by atoms with van der Waals surface area (Å²) < 4.78 is 27.6. The summed E-state index contributed by atoms with van der Waals surface area (Å²) in [6, 6.07) is 15.2. The van der Waals surface area contributed by atoms with Crippen LogP contribution in [0, 0.1) is 0 Å². The molecule has 26 heavy (non-hydrogen) atoms. The highest BCUT2D eigenvalue weighted by molar-refractivity contribution is 7.89. The Bertz CT molecular complexity index is 978. The first kappa shape index (κ1) is 18.6. The zero-order chi connectivity index (χ0) is 18.7. The maximum atomic E-state index is 12.1. The van der Waals surface area contributed by atoms with Gasteiger partial charge in [-0.2, -0.15) is 0 Å². The molecule has 0 amide bonds. The summed E-state index contributed by atoms with van der Waals surface area (Å²) in [7, 11) is -0.314. The van der Waals surface area contributed by atoms with Gasteiger partial charge in [0, 0.05) is 33.2 Å². The van der Waals surface area contributed by atoms with E-state index in [-0.39, 0.29) is 6.04 Å². The molecule has 0 spiro atoms. The maximum absolute atomic E-state index is 12.1. The molecule has 1 aromatic heterocycles. The fourth-order valence-corrected chi connectivity index (χ4v) is 3.75. The molecule has 0 aliphatic carbocycles. The van der Waals surface area contributed by atoms with Crippen molar-refractivity contribution in [1.82, 2.24) is 19.2 Å². The third kappa shape index (κ3) is 3.80. The second-order valence-corrected chi connectivity index (χ2v) is 8.61. The number of fused-ring (bicyclic) bond motifs is 1. The van der Waals surface area contributed by atoms with E-state index in [9.17, 15) is 8.42 Å². The number of aromatic nitrogens is 2. The Labute approximate surface area is 154 Å². The highest BCUT2D eigenvalue weighted by Crippen LogP contribution is 2.18. The third-order valence-electron chi connectivity index (χ3n) is 4.49. The number of sulfonamides is 1. The quantitative estimate of drug-likeness (QED) is 0.692. The molecule has 0 bridgehead atoms. The number of nitrogens with zero attached hydrogens (tertiary/aromatic N) is 3. The molecular formula is C19H24N4O2S. The van der Waals surface area contributed by atoms with Crippen LogP contribution in [0.4, 0.5) is 0 Å². The Kier molecular flexibility index (Phi) is 5.41. The number of para-hydroxylation sites is 2. The normalized spacial score (nSPS) is 13.4. The highest BCUT2D eigenvalue weighted by atomic mass is 32.2. The van der Waals surface area contributed by atoms with Crippen LogP contribution in [0.2, 0.25) is 0 Å². The molecule has 7 heteroatoms. The smallest absolute Gasteiger partial charge is 0.242 e. The Morgan fingerprint density at radius 3 is 2.50 bits per heavy atom. The Morgan fingerprint density at radius 1 is 1.12 bits per heavy atom. The van der Waals surface area contributed by atoms with Crippen molar-refractivity contribution in [2.24, 2.45) is 0 Å². The summed E-state index contributed by atoms with van der Waals surface area (Å²) in [6.07, 6.45) is 1.86. The Morgan fingerprint density at radius 2 is 1.81 bits per heavy atom. The summed E-state index contributed by atoms with van der Waals surface area (Å²) in [5.74, 6) is 0. The molecule has 3 aromatic rings. The summed E-state index contributed by atoms with van der Waals surface area (Å²) >= 11 is 0. The van der Waals surface area contributed by atoms with Crippen molar-refractivity contribution >= 4 is 21.1 Å². The Hall–Kier alpha value is -2.22. The molecule has 1 N–H and O–H groups in total. The standard InChI is InChI=1S/C19H24N4O2S/c1-15(16-8-10-17(11-9-16)26(24,25)22(2)3)20-12-13-23-14-21-18-6-4-5-7-19(18)23/h4-11,14-15,20H,12-13H2,1-3H3. The maximum Gasteiger partial charge on any atom is 0.242 e. The van der Waals surface area contributed by atoms with Crippen LogP contribution in [0.3, 0.4) is 0 Å². The summed E-state index contributed by atoms with van der Waals surface area (Å²) in [5.41, 5.74) is 3.18. The van der Waals surface area contributed by atoms with Crippen molar-refractivity contribution < 1.29 is 8.42 Å². The van der Waals surface area contributed by atoms with Crippen molar-refractivity contribution in [3.05, 3.63) is 60.4 Å². The molecule has 1 heterocycles. The molecule has 0 saturated heterocycles. The van der Waals surface area contributed by atoms with Crippen LogP contribution in [0.5, 0.6) is 0 Å². The summed E-state index contributed by atoms with van der Waals surface area (Å²) in [5, 5.41) is 3.47. The molecule has 0 radical (unpaired) electrons. The second-order valence-electron chi connectivity index (χ2n) is 6.46. The van der Waals surface area contributed by atoms with Gasteiger partial charge in [-0.25, -0.2) is 17.7 Å². The van der Waals surface area contributed by atoms with Gasteiger partial charge in [-0.05, 0) is 36.8 Å². The highest BCUT2D eigenvalue weighted by Gasteiger charge is 2.17. The molecule has 0 aliphatic rings. The van der Waals surface area contributed by atoms with Gasteiger partial charge in [-0.1, -0.05) is 24.3 Å². The van der Waals surface area contributed by atoms with E-state index in [0.29, 0.717) is 4.90 Å². The fraction of sp³-hybridized carbons (Fsp3) is 0.316. The average molecular weight is 372 g/mol. The molecule has 0 aliphatic heterocycles. The number of hydrogen-bond donors (Lipinski definition) is 1. The molecule has 0 saturated carbocycles. The molecular weight excluding hydrogens is 348 g/mol. The first-order valence-electron chi connectivity index (χ1n) is 8.55. The lowest BCUT2D eigenvalue weighted by molar-refractivity contribution is 0.520. The number of nitrogens with one attached hydrogen (secondary N) is 1. The minimum atomic E-state index is -3.38. The van der Waals surface area contributed by atoms with Crippen LogP contribution in [-0.4, -0.2) is 42.9 Å². The van der Waals surface area contributed by atoms with Gasteiger partial charge in [0.2, 0.25) is 10.0 Å². The van der Waals surface area contributed by atoms with E-state index in [4.69, 9.17) is 0 Å². The SMILES string of the molecule is CC(NCCn1cnc2ccccc21)c1ccc(S(=O)(=O)N(C)C)cc1. The number of rotatable bonds is 7. The van der Waals surface area contributed by atoms with Gasteiger partial charge in [0.05, 0.1) is 22.3 Å². The van der Waals surface area contributed by atoms with E-state index in [0.717, 1.165) is 29.7 Å². The van der Waals surface area contributed by atoms with E-state index in [2.05, 4.69) is 27.9 Å². The van der Waals surface area contributed by atoms with Crippen molar-refractivity contribution in [2.75, 3.05) is 20.6 Å². The third-order valence-corrected chi connectivity index (χ3v) is 6.32. The van der Waals surface area contributed by atoms with E-state index >= 15 is 0 Å². The van der Waals surface area contributed by atoms with Crippen LogP contribution in [0.25, 0.3) is 11.0 Å². The zero-order valence-electron chi connectivity index (χ0n) is 15.3. The van der Waals surface area contributed by atoms with E-state index < -0.39 is 10.0 Å². The van der Waals surface area contributed by atoms with Gasteiger partial charge >= 0.3 is 0 Å². The van der Waals surface area contributed by atoms with Crippen molar-refractivity contribution in [3.63, 3.8) is 0 Å². The lowest BCUT2D eigenvalue weighted by atomic mass is 10.1. The van der Waals surface area contributed by atoms with Crippen molar-refractivity contribution in [2.45, 2.75) is 24.4 Å². The summed E-state index contributed by atoms with van der Waals surface area (Å²) in [6.45, 7) is 3.68. The number of imidazole rings is 1. The molecule has 6 nitrogen and oxygen atoms in total. The largest absolute Gasteiger partial charge is 0.329 e. The van der Waals surface area contributed by atoms with Crippen molar-refractivity contribution in [1.29, 1.82) is 0 Å². The predicted octanol–water partition coefficient (Wildman–Crippen LogP) is 2.64.